The van der Waals surface area contributed by atoms with Crippen LogP contribution in [-0.4, -0.2) is 11.0 Å². The molecule has 3 N–H and O–H groups in total. The summed E-state index contributed by atoms with van der Waals surface area (Å²) in [4.78, 5) is 10.7. The average molecular weight is 239 g/mol. The molecule has 98 valence electrons. The quantitative estimate of drug-likeness (QED) is 0.587. The highest BCUT2D eigenvalue weighted by molar-refractivity contribution is 5.89. The molecule has 0 aromatic rings. The van der Waals surface area contributed by atoms with Crippen molar-refractivity contribution in [2.24, 2.45) is 23.0 Å². The molecule has 0 aromatic heterocycles. The van der Waals surface area contributed by atoms with Gasteiger partial charge in [0, 0.05) is 0 Å². The van der Waals surface area contributed by atoms with Crippen LogP contribution >= 0.6 is 0 Å². The summed E-state index contributed by atoms with van der Waals surface area (Å²) < 4.78 is 0. The topological polar surface area (TPSA) is 63.3 Å². The summed E-state index contributed by atoms with van der Waals surface area (Å²) in [5.41, 5.74) is 5.37. The molecule has 1 saturated carbocycles. The van der Waals surface area contributed by atoms with Gasteiger partial charge in [0.05, 0.1) is 0 Å². The second-order valence-electron chi connectivity index (χ2n) is 6.27. The summed E-state index contributed by atoms with van der Waals surface area (Å²) in [6.07, 6.45) is 7.21. The van der Waals surface area contributed by atoms with E-state index in [0.717, 1.165) is 12.3 Å². The molecule has 1 aliphatic carbocycles. The second kappa shape index (κ2) is 5.56. The zero-order chi connectivity index (χ0) is 13.1. The van der Waals surface area contributed by atoms with E-state index in [1.165, 1.54) is 25.7 Å². The number of amides is 1. The summed E-state index contributed by atoms with van der Waals surface area (Å²) in [7, 11) is 0. The molecule has 1 fully saturated rings. The third-order valence-electron chi connectivity index (χ3n) is 3.97. The Morgan fingerprint density at radius 2 is 1.82 bits per heavy atom. The van der Waals surface area contributed by atoms with Gasteiger partial charge in [0.2, 0.25) is 0 Å². The molecule has 3 heteroatoms. The molecule has 0 atom stereocenters. The Morgan fingerprint density at radius 3 is 2.24 bits per heavy atom. The molecule has 0 bridgehead atoms. The molecule has 1 aliphatic rings. The first kappa shape index (κ1) is 14.1. The first-order chi connectivity index (χ1) is 7.80. The van der Waals surface area contributed by atoms with Gasteiger partial charge in [0.25, 0.3) is 5.91 Å². The van der Waals surface area contributed by atoms with Crippen LogP contribution in [0.2, 0.25) is 0 Å². The number of rotatable bonds is 3. The van der Waals surface area contributed by atoms with E-state index in [4.69, 9.17) is 5.73 Å². The van der Waals surface area contributed by atoms with Gasteiger partial charge >= 0.3 is 0 Å². The van der Waals surface area contributed by atoms with Crippen LogP contribution in [0.4, 0.5) is 0 Å². The zero-order valence-corrected chi connectivity index (χ0v) is 11.2. The molecule has 0 aromatic carbocycles. The van der Waals surface area contributed by atoms with Gasteiger partial charge in [-0.25, -0.2) is 0 Å². The van der Waals surface area contributed by atoms with Crippen LogP contribution in [-0.2, 0) is 4.79 Å². The lowest BCUT2D eigenvalue weighted by Gasteiger charge is -2.36. The Bertz CT molecular complexity index is 294. The summed E-state index contributed by atoms with van der Waals surface area (Å²) >= 11 is 0. The predicted molar refractivity (Wildman–Crippen MR) is 69.4 cm³/mol. The van der Waals surface area contributed by atoms with E-state index in [-0.39, 0.29) is 5.76 Å². The molecule has 0 spiro atoms. The van der Waals surface area contributed by atoms with Crippen molar-refractivity contribution in [2.75, 3.05) is 0 Å². The van der Waals surface area contributed by atoms with Crippen LogP contribution in [0.5, 0.6) is 0 Å². The van der Waals surface area contributed by atoms with Gasteiger partial charge in [-0.1, -0.05) is 20.8 Å². The highest BCUT2D eigenvalue weighted by Gasteiger charge is 2.29. The molecular weight excluding hydrogens is 214 g/mol. The number of nitrogens with two attached hydrogens (primary N) is 1. The maximum absolute atomic E-state index is 10.7. The van der Waals surface area contributed by atoms with Gasteiger partial charge < -0.3 is 10.8 Å². The largest absolute Gasteiger partial charge is 0.503 e. The van der Waals surface area contributed by atoms with Gasteiger partial charge in [-0.3, -0.25) is 4.79 Å². The molecule has 3 nitrogen and oxygen atoms in total. The van der Waals surface area contributed by atoms with E-state index < -0.39 is 5.91 Å². The third kappa shape index (κ3) is 4.41. The van der Waals surface area contributed by atoms with Crippen molar-refractivity contribution in [1.82, 2.24) is 0 Å². The molecular formula is C14H25NO2. The molecule has 0 radical (unpaired) electrons. The summed E-state index contributed by atoms with van der Waals surface area (Å²) in [6.45, 7) is 6.91. The average Bonchev–Trinajstić information content (AvgIpc) is 2.25. The maximum atomic E-state index is 10.7. The van der Waals surface area contributed by atoms with E-state index >= 15 is 0 Å². The Balaban J connectivity index is 2.38. The van der Waals surface area contributed by atoms with E-state index in [0.29, 0.717) is 11.3 Å². The minimum absolute atomic E-state index is 0.289. The van der Waals surface area contributed by atoms with Gasteiger partial charge in [0.15, 0.2) is 5.76 Å². The molecule has 17 heavy (non-hydrogen) atoms. The highest BCUT2D eigenvalue weighted by atomic mass is 16.3. The lowest BCUT2D eigenvalue weighted by molar-refractivity contribution is -0.116. The third-order valence-corrected chi connectivity index (χ3v) is 3.97. The number of carbonyl (C=O) groups is 1. The highest BCUT2D eigenvalue weighted by Crippen LogP contribution is 2.40. The number of hydrogen-bond donors (Lipinski definition) is 2. The summed E-state index contributed by atoms with van der Waals surface area (Å²) in [5.74, 6) is 0.374. The SMILES string of the molecule is CC(C)(C)C1CCC(CC=C(O)C(N)=O)CC1. The van der Waals surface area contributed by atoms with E-state index in [9.17, 15) is 9.90 Å². The lowest BCUT2D eigenvalue weighted by atomic mass is 9.69. The van der Waals surface area contributed by atoms with Crippen molar-refractivity contribution < 1.29 is 9.90 Å². The Hall–Kier alpha value is -0.990. The smallest absolute Gasteiger partial charge is 0.283 e. The predicted octanol–water partition coefficient (Wildman–Crippen LogP) is 3.16. The van der Waals surface area contributed by atoms with Crippen molar-refractivity contribution in [2.45, 2.75) is 52.9 Å². The van der Waals surface area contributed by atoms with Crippen LogP contribution in [0.15, 0.2) is 11.8 Å². The van der Waals surface area contributed by atoms with Crippen molar-refractivity contribution in [3.8, 4) is 0 Å². The first-order valence-corrected chi connectivity index (χ1v) is 6.49. The molecule has 1 rings (SSSR count). The Morgan fingerprint density at radius 1 is 1.29 bits per heavy atom. The molecule has 0 unspecified atom stereocenters. The van der Waals surface area contributed by atoms with E-state index in [1.807, 2.05) is 0 Å². The van der Waals surface area contributed by atoms with Crippen molar-refractivity contribution in [3.05, 3.63) is 11.8 Å². The molecule has 0 heterocycles. The van der Waals surface area contributed by atoms with Crippen LogP contribution < -0.4 is 5.73 Å². The van der Waals surface area contributed by atoms with Gasteiger partial charge in [0.1, 0.15) is 0 Å². The summed E-state index contributed by atoms with van der Waals surface area (Å²) in [6, 6.07) is 0. The monoisotopic (exact) mass is 239 g/mol. The standard InChI is InChI=1S/C14H25NO2/c1-14(2,3)11-7-4-10(5-8-11)6-9-12(16)13(15)17/h9-11,16H,4-8H2,1-3H3,(H2,15,17). The number of aliphatic hydroxyl groups excluding tert-OH is 1. The Labute approximate surface area is 104 Å². The van der Waals surface area contributed by atoms with E-state index in [2.05, 4.69) is 20.8 Å². The van der Waals surface area contributed by atoms with Crippen LogP contribution in [0, 0.1) is 17.3 Å². The zero-order valence-electron chi connectivity index (χ0n) is 11.2. The lowest BCUT2D eigenvalue weighted by Crippen LogP contribution is -2.25. The van der Waals surface area contributed by atoms with Crippen LogP contribution in [0.25, 0.3) is 0 Å². The normalized spacial score (nSPS) is 26.9. The van der Waals surface area contributed by atoms with Gasteiger partial charge in [-0.15, -0.1) is 0 Å². The van der Waals surface area contributed by atoms with Gasteiger partial charge in [-0.05, 0) is 55.4 Å². The summed E-state index contributed by atoms with van der Waals surface area (Å²) in [5, 5.41) is 9.22. The number of carbonyl (C=O) groups excluding carboxylic acids is 1. The fourth-order valence-electron chi connectivity index (χ4n) is 2.64. The number of allylic oxidation sites excluding steroid dienone is 1. The van der Waals surface area contributed by atoms with Crippen molar-refractivity contribution in [3.63, 3.8) is 0 Å². The number of primary amides is 1. The molecule has 0 aliphatic heterocycles. The molecule has 1 amide bonds. The van der Waals surface area contributed by atoms with Crippen molar-refractivity contribution >= 4 is 5.91 Å². The fourth-order valence-corrected chi connectivity index (χ4v) is 2.64. The van der Waals surface area contributed by atoms with Gasteiger partial charge in [-0.2, -0.15) is 0 Å². The second-order valence-corrected chi connectivity index (χ2v) is 6.27. The van der Waals surface area contributed by atoms with Crippen LogP contribution in [0.3, 0.4) is 0 Å². The minimum Gasteiger partial charge on any atom is -0.503 e. The van der Waals surface area contributed by atoms with Crippen LogP contribution in [0.1, 0.15) is 52.9 Å². The number of aliphatic hydroxyl groups is 1. The minimum atomic E-state index is -0.728. The Kier molecular flexibility index (Phi) is 4.61. The first-order valence-electron chi connectivity index (χ1n) is 6.49. The van der Waals surface area contributed by atoms with E-state index in [1.54, 1.807) is 6.08 Å². The fraction of sp³-hybridized carbons (Fsp3) is 0.786. The van der Waals surface area contributed by atoms with Crippen molar-refractivity contribution in [1.29, 1.82) is 0 Å². The number of hydrogen-bond acceptors (Lipinski definition) is 2. The molecule has 0 saturated heterocycles. The maximum Gasteiger partial charge on any atom is 0.283 e.